The Morgan fingerprint density at radius 3 is 3.21 bits per heavy atom. The second-order valence-corrected chi connectivity index (χ2v) is 5.73. The van der Waals surface area contributed by atoms with E-state index in [1.54, 1.807) is 0 Å². The third-order valence-corrected chi connectivity index (χ3v) is 4.24. The fourth-order valence-corrected chi connectivity index (χ4v) is 3.03. The average molecular weight is 275 g/mol. The predicted octanol–water partition coefficient (Wildman–Crippen LogP) is 2.25. The smallest absolute Gasteiger partial charge is 0.261 e. The first-order valence-electron chi connectivity index (χ1n) is 6.69. The number of nitrogens with zero attached hydrogens (tertiary/aromatic N) is 2. The van der Waals surface area contributed by atoms with Crippen molar-refractivity contribution in [3.05, 3.63) is 40.1 Å². The minimum absolute atomic E-state index is 0.0129. The molecule has 1 N–H and O–H groups in total. The Morgan fingerprint density at radius 1 is 1.47 bits per heavy atom. The van der Waals surface area contributed by atoms with Gasteiger partial charge in [-0.2, -0.15) is 0 Å². The van der Waals surface area contributed by atoms with Crippen LogP contribution in [-0.4, -0.2) is 22.0 Å². The Morgan fingerprint density at radius 2 is 2.42 bits per heavy atom. The van der Waals surface area contributed by atoms with E-state index in [9.17, 15) is 4.79 Å². The van der Waals surface area contributed by atoms with E-state index in [2.05, 4.69) is 21.1 Å². The lowest BCUT2D eigenvalue weighted by molar-refractivity contribution is 0.0958. The Balaban J connectivity index is 1.52. The molecule has 19 heavy (non-hydrogen) atoms. The van der Waals surface area contributed by atoms with Gasteiger partial charge in [0.1, 0.15) is 5.82 Å². The zero-order chi connectivity index (χ0) is 13.1. The van der Waals surface area contributed by atoms with Crippen LogP contribution in [0, 0.1) is 0 Å². The summed E-state index contributed by atoms with van der Waals surface area (Å²) in [7, 11) is 0. The molecular formula is C14H17N3OS. The van der Waals surface area contributed by atoms with Gasteiger partial charge >= 0.3 is 0 Å². The van der Waals surface area contributed by atoms with Crippen LogP contribution in [-0.2, 0) is 19.4 Å². The van der Waals surface area contributed by atoms with Crippen LogP contribution in [0.4, 0.5) is 0 Å². The summed E-state index contributed by atoms with van der Waals surface area (Å²) in [5.41, 5.74) is 1.09. The maximum atomic E-state index is 11.8. The fraction of sp³-hybridized carbons (Fsp3) is 0.429. The molecule has 5 heteroatoms. The topological polar surface area (TPSA) is 46.9 Å². The molecule has 1 aliphatic heterocycles. The number of aryl methyl sites for hydroxylation is 2. The van der Waals surface area contributed by atoms with Crippen molar-refractivity contribution in [1.82, 2.24) is 14.9 Å². The van der Waals surface area contributed by atoms with Crippen molar-refractivity contribution in [3.8, 4) is 0 Å². The SMILES string of the molecule is O=C(NCCc1cn2c(n1)CCCC2)c1cccs1. The molecule has 0 saturated carbocycles. The van der Waals surface area contributed by atoms with Crippen molar-refractivity contribution in [2.45, 2.75) is 32.2 Å². The number of fused-ring (bicyclic) bond motifs is 1. The lowest BCUT2D eigenvalue weighted by atomic mass is 10.2. The zero-order valence-electron chi connectivity index (χ0n) is 10.8. The van der Waals surface area contributed by atoms with Crippen LogP contribution in [0.2, 0.25) is 0 Å². The Kier molecular flexibility index (Phi) is 3.64. The van der Waals surface area contributed by atoms with Crippen molar-refractivity contribution in [3.63, 3.8) is 0 Å². The summed E-state index contributed by atoms with van der Waals surface area (Å²) < 4.78 is 2.25. The molecule has 4 nitrogen and oxygen atoms in total. The molecule has 0 atom stereocenters. The highest BCUT2D eigenvalue weighted by Gasteiger charge is 2.12. The molecular weight excluding hydrogens is 258 g/mol. The molecule has 100 valence electrons. The Labute approximate surface area is 116 Å². The number of carbonyl (C=O) groups is 1. The van der Waals surface area contributed by atoms with Gasteiger partial charge in [-0.25, -0.2) is 4.98 Å². The number of rotatable bonds is 4. The molecule has 3 heterocycles. The highest BCUT2D eigenvalue weighted by molar-refractivity contribution is 7.12. The Bertz CT molecular complexity index is 536. The summed E-state index contributed by atoms with van der Waals surface area (Å²) in [4.78, 5) is 17.2. The molecule has 0 aliphatic carbocycles. The summed E-state index contributed by atoms with van der Waals surface area (Å²) in [5, 5.41) is 4.85. The van der Waals surface area contributed by atoms with Crippen molar-refractivity contribution in [1.29, 1.82) is 0 Å². The quantitative estimate of drug-likeness (QED) is 0.930. The number of aromatic nitrogens is 2. The number of imidazole rings is 1. The molecule has 1 amide bonds. The van der Waals surface area contributed by atoms with Gasteiger partial charge < -0.3 is 9.88 Å². The van der Waals surface area contributed by atoms with Crippen molar-refractivity contribution < 1.29 is 4.79 Å². The zero-order valence-corrected chi connectivity index (χ0v) is 11.6. The number of amides is 1. The van der Waals surface area contributed by atoms with Crippen molar-refractivity contribution in [2.24, 2.45) is 0 Å². The first kappa shape index (κ1) is 12.4. The summed E-state index contributed by atoms with van der Waals surface area (Å²) >= 11 is 1.47. The first-order chi connectivity index (χ1) is 9.33. The van der Waals surface area contributed by atoms with E-state index in [0.29, 0.717) is 6.54 Å². The summed E-state index contributed by atoms with van der Waals surface area (Å²) in [6, 6.07) is 3.73. The van der Waals surface area contributed by atoms with Crippen LogP contribution >= 0.6 is 11.3 Å². The number of hydrogen-bond acceptors (Lipinski definition) is 3. The summed E-state index contributed by atoms with van der Waals surface area (Å²) in [6.07, 6.45) is 6.51. The molecule has 0 fully saturated rings. The van der Waals surface area contributed by atoms with E-state index in [4.69, 9.17) is 0 Å². The van der Waals surface area contributed by atoms with Gasteiger partial charge in [0.15, 0.2) is 0 Å². The van der Waals surface area contributed by atoms with Crippen LogP contribution in [0.15, 0.2) is 23.7 Å². The summed E-state index contributed by atoms with van der Waals surface area (Å²) in [5.74, 6) is 1.21. The molecule has 3 rings (SSSR count). The van der Waals surface area contributed by atoms with E-state index in [1.165, 1.54) is 30.0 Å². The standard InChI is InChI=1S/C14H17N3OS/c18-14(12-4-3-9-19-12)15-7-6-11-10-17-8-2-1-5-13(17)16-11/h3-4,9-10H,1-2,5-8H2,(H,15,18). The van der Waals surface area contributed by atoms with E-state index >= 15 is 0 Å². The lowest BCUT2D eigenvalue weighted by Crippen LogP contribution is -2.24. The maximum absolute atomic E-state index is 11.8. The Hall–Kier alpha value is -1.62. The van der Waals surface area contributed by atoms with Gasteiger partial charge in [0.05, 0.1) is 10.6 Å². The summed E-state index contributed by atoms with van der Waals surface area (Å²) in [6.45, 7) is 1.73. The highest BCUT2D eigenvalue weighted by atomic mass is 32.1. The van der Waals surface area contributed by atoms with Gasteiger partial charge in [0, 0.05) is 32.1 Å². The van der Waals surface area contributed by atoms with Crippen molar-refractivity contribution in [2.75, 3.05) is 6.54 Å². The average Bonchev–Trinajstić information content (AvgIpc) is 3.07. The van der Waals surface area contributed by atoms with E-state index in [0.717, 1.165) is 30.0 Å². The normalized spacial score (nSPS) is 14.1. The van der Waals surface area contributed by atoms with E-state index in [1.807, 2.05) is 17.5 Å². The maximum Gasteiger partial charge on any atom is 0.261 e. The van der Waals surface area contributed by atoms with Gasteiger partial charge in [0.2, 0.25) is 0 Å². The fourth-order valence-electron chi connectivity index (χ4n) is 2.39. The van der Waals surface area contributed by atoms with Crippen LogP contribution in [0.25, 0.3) is 0 Å². The molecule has 1 aliphatic rings. The number of carbonyl (C=O) groups excluding carboxylic acids is 1. The molecule has 0 bridgehead atoms. The first-order valence-corrected chi connectivity index (χ1v) is 7.57. The van der Waals surface area contributed by atoms with Gasteiger partial charge in [-0.1, -0.05) is 6.07 Å². The molecule has 0 radical (unpaired) electrons. The van der Waals surface area contributed by atoms with Gasteiger partial charge in [-0.05, 0) is 24.3 Å². The van der Waals surface area contributed by atoms with Gasteiger partial charge in [-0.3, -0.25) is 4.79 Å². The molecule has 0 spiro atoms. The van der Waals surface area contributed by atoms with Gasteiger partial charge in [-0.15, -0.1) is 11.3 Å². The molecule has 2 aromatic heterocycles. The van der Waals surface area contributed by atoms with Crippen LogP contribution < -0.4 is 5.32 Å². The van der Waals surface area contributed by atoms with Crippen LogP contribution in [0.3, 0.4) is 0 Å². The highest BCUT2D eigenvalue weighted by Crippen LogP contribution is 2.14. The molecule has 0 aromatic carbocycles. The third kappa shape index (κ3) is 2.87. The lowest BCUT2D eigenvalue weighted by Gasteiger charge is -2.11. The molecule has 2 aromatic rings. The number of thiophene rings is 1. The number of nitrogens with one attached hydrogen (secondary N) is 1. The van der Waals surface area contributed by atoms with E-state index in [-0.39, 0.29) is 5.91 Å². The second-order valence-electron chi connectivity index (χ2n) is 4.78. The van der Waals surface area contributed by atoms with Gasteiger partial charge in [0.25, 0.3) is 5.91 Å². The minimum Gasteiger partial charge on any atom is -0.351 e. The van der Waals surface area contributed by atoms with Crippen molar-refractivity contribution >= 4 is 17.2 Å². The molecule has 0 unspecified atom stereocenters. The van der Waals surface area contributed by atoms with Crippen LogP contribution in [0.1, 0.15) is 34.0 Å². The number of hydrogen-bond donors (Lipinski definition) is 1. The van der Waals surface area contributed by atoms with Crippen LogP contribution in [0.5, 0.6) is 0 Å². The minimum atomic E-state index is 0.0129. The predicted molar refractivity (Wildman–Crippen MR) is 75.5 cm³/mol. The van der Waals surface area contributed by atoms with E-state index < -0.39 is 0 Å². The monoisotopic (exact) mass is 275 g/mol. The third-order valence-electron chi connectivity index (χ3n) is 3.37. The largest absolute Gasteiger partial charge is 0.351 e. The molecule has 0 saturated heterocycles. The second kappa shape index (κ2) is 5.57.